The molecule has 4 rings (SSSR count). The van der Waals surface area contributed by atoms with Gasteiger partial charge in [-0.25, -0.2) is 9.18 Å². The van der Waals surface area contributed by atoms with E-state index in [9.17, 15) is 18.8 Å². The molecule has 10 heteroatoms. The van der Waals surface area contributed by atoms with Crippen molar-refractivity contribution < 1.29 is 18.8 Å². The molecule has 0 spiro atoms. The predicted molar refractivity (Wildman–Crippen MR) is 122 cm³/mol. The van der Waals surface area contributed by atoms with Crippen molar-refractivity contribution in [3.8, 4) is 0 Å². The largest absolute Gasteiger partial charge is 0.368 e. The third kappa shape index (κ3) is 5.61. The molecule has 1 atom stereocenters. The fraction of sp³-hybridized carbons (Fsp3) is 0.565. The average molecular weight is 459 g/mol. The van der Waals surface area contributed by atoms with Crippen molar-refractivity contribution in [2.75, 3.05) is 18.1 Å². The minimum atomic E-state index is -0.804. The lowest BCUT2D eigenvalue weighted by Gasteiger charge is -2.34. The fourth-order valence-corrected chi connectivity index (χ4v) is 4.71. The number of likely N-dealkylation sites (tertiary alicyclic amines) is 1. The topological polar surface area (TPSA) is 120 Å². The van der Waals surface area contributed by atoms with Crippen LogP contribution >= 0.6 is 0 Å². The highest BCUT2D eigenvalue weighted by Crippen LogP contribution is 2.25. The van der Waals surface area contributed by atoms with Crippen molar-refractivity contribution in [3.63, 3.8) is 0 Å². The number of nitrogens with zero attached hydrogens (tertiary/aromatic N) is 3. The van der Waals surface area contributed by atoms with Crippen LogP contribution in [0.3, 0.4) is 0 Å². The maximum atomic E-state index is 13.3. The number of halogens is 1. The normalized spacial score (nSPS) is 22.1. The molecule has 0 bridgehead atoms. The molecule has 1 aromatic carbocycles. The molecule has 0 radical (unpaired) electrons. The highest BCUT2D eigenvalue weighted by atomic mass is 19.1. The summed E-state index contributed by atoms with van der Waals surface area (Å²) in [5.74, 6) is -1.37. The number of hydrazone groups is 1. The molecule has 178 valence electrons. The first-order chi connectivity index (χ1) is 15.9. The Labute approximate surface area is 192 Å². The summed E-state index contributed by atoms with van der Waals surface area (Å²) in [6.07, 6.45) is 7.04. The van der Waals surface area contributed by atoms with Gasteiger partial charge < -0.3 is 21.3 Å². The van der Waals surface area contributed by atoms with Crippen LogP contribution in [0, 0.1) is 5.82 Å². The van der Waals surface area contributed by atoms with Gasteiger partial charge in [0, 0.05) is 31.6 Å². The first-order valence-electron chi connectivity index (χ1n) is 11.7. The summed E-state index contributed by atoms with van der Waals surface area (Å²) in [4.78, 5) is 39.1. The predicted octanol–water partition coefficient (Wildman–Crippen LogP) is 1.87. The Balaban J connectivity index is 1.30. The SMILES string of the molecule is NC(=O)C1CC(C(=O)NC2CCN(C(=O)NC3CCCCC3)CC2)=NN1c1ccc(F)cc1. The number of amides is 4. The van der Waals surface area contributed by atoms with E-state index in [2.05, 4.69) is 15.7 Å². The van der Waals surface area contributed by atoms with E-state index >= 15 is 0 Å². The summed E-state index contributed by atoms with van der Waals surface area (Å²) >= 11 is 0. The minimum absolute atomic E-state index is 0.0221. The van der Waals surface area contributed by atoms with E-state index in [1.807, 2.05) is 4.90 Å². The molecular weight excluding hydrogens is 427 g/mol. The molecule has 1 unspecified atom stereocenters. The van der Waals surface area contributed by atoms with Crippen LogP contribution in [0.25, 0.3) is 0 Å². The van der Waals surface area contributed by atoms with Gasteiger partial charge in [-0.3, -0.25) is 14.6 Å². The second-order valence-electron chi connectivity index (χ2n) is 9.01. The zero-order valence-electron chi connectivity index (χ0n) is 18.6. The summed E-state index contributed by atoms with van der Waals surface area (Å²) in [7, 11) is 0. The molecule has 1 aromatic rings. The van der Waals surface area contributed by atoms with Crippen LogP contribution in [0.1, 0.15) is 51.4 Å². The third-order valence-corrected chi connectivity index (χ3v) is 6.64. The van der Waals surface area contributed by atoms with Crippen molar-refractivity contribution in [2.45, 2.75) is 69.5 Å². The minimum Gasteiger partial charge on any atom is -0.368 e. The lowest BCUT2D eigenvalue weighted by molar-refractivity contribution is -0.119. The number of carbonyl (C=O) groups is 3. The van der Waals surface area contributed by atoms with E-state index in [4.69, 9.17) is 5.73 Å². The van der Waals surface area contributed by atoms with Gasteiger partial charge in [-0.2, -0.15) is 5.10 Å². The fourth-order valence-electron chi connectivity index (χ4n) is 4.71. The monoisotopic (exact) mass is 458 g/mol. The average Bonchev–Trinajstić information content (AvgIpc) is 3.27. The molecule has 2 heterocycles. The lowest BCUT2D eigenvalue weighted by atomic mass is 9.95. The van der Waals surface area contributed by atoms with Crippen LogP contribution < -0.4 is 21.4 Å². The molecule has 1 saturated carbocycles. The quantitative estimate of drug-likeness (QED) is 0.624. The molecule has 1 aliphatic carbocycles. The Bertz CT molecular complexity index is 907. The Morgan fingerprint density at radius 2 is 1.58 bits per heavy atom. The van der Waals surface area contributed by atoms with E-state index in [0.717, 1.165) is 25.7 Å². The number of urea groups is 1. The molecule has 33 heavy (non-hydrogen) atoms. The second-order valence-corrected chi connectivity index (χ2v) is 9.01. The summed E-state index contributed by atoms with van der Waals surface area (Å²) in [6, 6.07) is 4.87. The van der Waals surface area contributed by atoms with Gasteiger partial charge in [0.05, 0.1) is 5.69 Å². The van der Waals surface area contributed by atoms with Gasteiger partial charge in [-0.05, 0) is 49.9 Å². The van der Waals surface area contributed by atoms with Crippen molar-refractivity contribution in [3.05, 3.63) is 30.1 Å². The smallest absolute Gasteiger partial charge is 0.317 e. The summed E-state index contributed by atoms with van der Waals surface area (Å²) in [5, 5.41) is 11.8. The first kappa shape index (κ1) is 23.0. The Hall–Kier alpha value is -3.17. The summed E-state index contributed by atoms with van der Waals surface area (Å²) < 4.78 is 13.3. The first-order valence-corrected chi connectivity index (χ1v) is 11.7. The molecule has 3 aliphatic rings. The molecule has 0 aromatic heterocycles. The van der Waals surface area contributed by atoms with Gasteiger partial charge in [0.2, 0.25) is 5.91 Å². The van der Waals surface area contributed by atoms with Crippen LogP contribution in [-0.4, -0.2) is 59.7 Å². The Kier molecular flexibility index (Phi) is 7.10. The van der Waals surface area contributed by atoms with E-state index in [0.29, 0.717) is 31.6 Å². The number of hydrogen-bond donors (Lipinski definition) is 3. The van der Waals surface area contributed by atoms with Gasteiger partial charge in [0.1, 0.15) is 17.6 Å². The van der Waals surface area contributed by atoms with Gasteiger partial charge in [-0.15, -0.1) is 0 Å². The number of nitrogens with two attached hydrogens (primary N) is 1. The van der Waals surface area contributed by atoms with E-state index < -0.39 is 17.8 Å². The number of nitrogens with one attached hydrogen (secondary N) is 2. The van der Waals surface area contributed by atoms with E-state index in [1.165, 1.54) is 35.7 Å². The van der Waals surface area contributed by atoms with Crippen LogP contribution in [0.2, 0.25) is 0 Å². The zero-order chi connectivity index (χ0) is 23.4. The third-order valence-electron chi connectivity index (χ3n) is 6.64. The van der Waals surface area contributed by atoms with E-state index in [1.54, 1.807) is 0 Å². The molecule has 1 saturated heterocycles. The standard InChI is InChI=1S/C23H31FN6O3/c24-15-6-8-18(9-7-15)30-20(21(25)31)14-19(28-30)22(32)26-17-10-12-29(13-11-17)23(33)27-16-4-2-1-3-5-16/h6-9,16-17,20H,1-5,10-14H2,(H2,25,31)(H,26,32)(H,27,33). The van der Waals surface area contributed by atoms with Crippen LogP contribution in [0.5, 0.6) is 0 Å². The van der Waals surface area contributed by atoms with Gasteiger partial charge in [0.25, 0.3) is 5.91 Å². The van der Waals surface area contributed by atoms with Crippen molar-refractivity contribution in [1.82, 2.24) is 15.5 Å². The summed E-state index contributed by atoms with van der Waals surface area (Å²) in [5.41, 5.74) is 6.20. The molecule has 4 amide bonds. The van der Waals surface area contributed by atoms with Gasteiger partial charge in [-0.1, -0.05) is 19.3 Å². The molecular formula is C23H31FN6O3. The van der Waals surface area contributed by atoms with Crippen molar-refractivity contribution in [2.24, 2.45) is 10.8 Å². The van der Waals surface area contributed by atoms with Gasteiger partial charge >= 0.3 is 6.03 Å². The number of carbonyl (C=O) groups excluding carboxylic acids is 3. The van der Waals surface area contributed by atoms with Crippen LogP contribution in [0.15, 0.2) is 29.4 Å². The zero-order valence-corrected chi connectivity index (χ0v) is 18.6. The number of rotatable bonds is 5. The summed E-state index contributed by atoms with van der Waals surface area (Å²) in [6.45, 7) is 1.14. The number of piperidine rings is 1. The Morgan fingerprint density at radius 3 is 2.21 bits per heavy atom. The molecule has 4 N–H and O–H groups in total. The molecule has 2 fully saturated rings. The highest BCUT2D eigenvalue weighted by Gasteiger charge is 2.36. The number of primary amides is 1. The second kappa shape index (κ2) is 10.2. The molecule has 2 aliphatic heterocycles. The maximum Gasteiger partial charge on any atom is 0.317 e. The maximum absolute atomic E-state index is 13.3. The molecule has 9 nitrogen and oxygen atoms in total. The van der Waals surface area contributed by atoms with E-state index in [-0.39, 0.29) is 36.2 Å². The van der Waals surface area contributed by atoms with Crippen LogP contribution in [-0.2, 0) is 9.59 Å². The van der Waals surface area contributed by atoms with Gasteiger partial charge in [0.15, 0.2) is 0 Å². The Morgan fingerprint density at radius 1 is 0.939 bits per heavy atom. The van der Waals surface area contributed by atoms with Crippen molar-refractivity contribution in [1.29, 1.82) is 0 Å². The highest BCUT2D eigenvalue weighted by molar-refractivity contribution is 6.40. The number of hydrogen-bond acceptors (Lipinski definition) is 5. The lowest BCUT2D eigenvalue weighted by Crippen LogP contribution is -2.52. The van der Waals surface area contributed by atoms with Crippen LogP contribution in [0.4, 0.5) is 14.9 Å². The number of anilines is 1. The van der Waals surface area contributed by atoms with Crippen molar-refractivity contribution >= 4 is 29.2 Å². The number of benzene rings is 1.